The first-order valence-corrected chi connectivity index (χ1v) is 13.5. The molecule has 8 heteroatoms. The van der Waals surface area contributed by atoms with E-state index in [1.165, 1.54) is 44.9 Å². The minimum Gasteiger partial charge on any atom is -0.462 e. The number of esters is 2. The van der Waals surface area contributed by atoms with Crippen molar-refractivity contribution in [2.45, 2.75) is 115 Å². The molecule has 30 heavy (non-hydrogen) atoms. The third-order valence-corrected chi connectivity index (χ3v) is 6.94. The summed E-state index contributed by atoms with van der Waals surface area (Å²) in [6.07, 6.45) is 17.2. The van der Waals surface area contributed by atoms with Gasteiger partial charge >= 0.3 is 19.5 Å². The highest BCUT2D eigenvalue weighted by atomic mass is 31.2. The maximum absolute atomic E-state index is 11.6. The Balaban J connectivity index is 0.000000216. The molecule has 0 radical (unpaired) electrons. The molecule has 0 unspecified atom stereocenters. The lowest BCUT2D eigenvalue weighted by Gasteiger charge is -2.22. The molecule has 0 aromatic rings. The van der Waals surface area contributed by atoms with Crippen molar-refractivity contribution < 1.29 is 33.4 Å². The summed E-state index contributed by atoms with van der Waals surface area (Å²) in [4.78, 5) is 39.7. The second-order valence-electron chi connectivity index (χ2n) is 9.01. The molecule has 3 saturated carbocycles. The highest BCUT2D eigenvalue weighted by molar-refractivity contribution is 7.52. The number of carbonyl (C=O) groups excluding carboxylic acids is 2. The van der Waals surface area contributed by atoms with Crippen LogP contribution in [0, 0.1) is 5.92 Å². The van der Waals surface area contributed by atoms with Crippen molar-refractivity contribution in [2.24, 2.45) is 5.92 Å². The van der Waals surface area contributed by atoms with Crippen LogP contribution in [-0.2, 0) is 23.6 Å². The maximum atomic E-state index is 11.6. The first kappa shape index (κ1) is 25.4. The Kier molecular flexibility index (Phi) is 11.4. The molecule has 3 rings (SSSR count). The van der Waals surface area contributed by atoms with Crippen LogP contribution in [0.1, 0.15) is 103 Å². The molecule has 7 nitrogen and oxygen atoms in total. The minimum atomic E-state index is -4.26. The molecular weight excluding hydrogens is 407 g/mol. The van der Waals surface area contributed by atoms with E-state index in [0.29, 0.717) is 6.42 Å². The molecule has 0 atom stereocenters. The van der Waals surface area contributed by atoms with Gasteiger partial charge in [-0.1, -0.05) is 38.5 Å². The molecule has 0 saturated heterocycles. The van der Waals surface area contributed by atoms with E-state index in [1.54, 1.807) is 0 Å². The molecule has 3 aliphatic rings. The first-order valence-electron chi connectivity index (χ1n) is 11.8. The Labute approximate surface area is 180 Å². The van der Waals surface area contributed by atoms with Gasteiger partial charge in [-0.15, -0.1) is 0 Å². The lowest BCUT2D eigenvalue weighted by Crippen LogP contribution is -2.22. The van der Waals surface area contributed by atoms with E-state index in [1.807, 2.05) is 0 Å². The largest absolute Gasteiger partial charge is 0.462 e. The fraction of sp³-hybridized carbons (Fsp3) is 0.909. The average molecular weight is 447 g/mol. The number of ether oxygens (including phenoxy) is 2. The van der Waals surface area contributed by atoms with Crippen LogP contribution >= 0.6 is 7.60 Å². The summed E-state index contributed by atoms with van der Waals surface area (Å²) >= 11 is 0. The summed E-state index contributed by atoms with van der Waals surface area (Å²) in [5.74, 6) is 0.0722. The topological polar surface area (TPSA) is 110 Å². The van der Waals surface area contributed by atoms with Gasteiger partial charge in [0, 0.05) is 6.42 Å². The van der Waals surface area contributed by atoms with Gasteiger partial charge in [0.05, 0.1) is 0 Å². The van der Waals surface area contributed by atoms with Gasteiger partial charge in [-0.3, -0.25) is 14.2 Å². The van der Waals surface area contributed by atoms with Gasteiger partial charge in [0.15, 0.2) is 0 Å². The Morgan fingerprint density at radius 1 is 0.700 bits per heavy atom. The van der Waals surface area contributed by atoms with Crippen LogP contribution in [0.4, 0.5) is 0 Å². The van der Waals surface area contributed by atoms with Gasteiger partial charge in [-0.2, -0.15) is 0 Å². The van der Waals surface area contributed by atoms with Gasteiger partial charge in [0.25, 0.3) is 0 Å². The molecule has 2 N–H and O–H groups in total. The van der Waals surface area contributed by atoms with E-state index in [2.05, 4.69) is 0 Å². The van der Waals surface area contributed by atoms with Gasteiger partial charge in [0.2, 0.25) is 0 Å². The predicted molar refractivity (Wildman–Crippen MR) is 114 cm³/mol. The molecule has 0 aromatic heterocycles. The third kappa shape index (κ3) is 11.5. The zero-order valence-electron chi connectivity index (χ0n) is 18.1. The Hall–Kier alpha value is -0.910. The van der Waals surface area contributed by atoms with Crippen LogP contribution in [0.15, 0.2) is 0 Å². The van der Waals surface area contributed by atoms with E-state index < -0.39 is 19.7 Å². The molecule has 174 valence electrons. The van der Waals surface area contributed by atoms with Gasteiger partial charge in [-0.25, -0.2) is 0 Å². The summed E-state index contributed by atoms with van der Waals surface area (Å²) in [5.41, 5.74) is 0. The highest BCUT2D eigenvalue weighted by Crippen LogP contribution is 2.34. The molecule has 0 bridgehead atoms. The van der Waals surface area contributed by atoms with Crippen LogP contribution in [0.3, 0.4) is 0 Å². The van der Waals surface area contributed by atoms with E-state index in [4.69, 9.17) is 19.3 Å². The monoisotopic (exact) mass is 446 g/mol. The Bertz CT molecular complexity index is 556. The van der Waals surface area contributed by atoms with Gasteiger partial charge in [-0.05, 0) is 63.7 Å². The lowest BCUT2D eigenvalue weighted by atomic mass is 9.97. The van der Waals surface area contributed by atoms with Crippen LogP contribution < -0.4 is 0 Å². The van der Waals surface area contributed by atoms with E-state index in [-0.39, 0.29) is 18.2 Å². The molecule has 3 aliphatic carbocycles. The van der Waals surface area contributed by atoms with Crippen LogP contribution in [-0.4, -0.2) is 40.1 Å². The van der Waals surface area contributed by atoms with Gasteiger partial charge in [0.1, 0.15) is 18.4 Å². The van der Waals surface area contributed by atoms with Crippen LogP contribution in [0.2, 0.25) is 0 Å². The van der Waals surface area contributed by atoms with Crippen molar-refractivity contribution in [1.82, 2.24) is 0 Å². The van der Waals surface area contributed by atoms with E-state index >= 15 is 0 Å². The highest BCUT2D eigenvalue weighted by Gasteiger charge is 2.24. The summed E-state index contributed by atoms with van der Waals surface area (Å²) in [6.45, 7) is 0. The Morgan fingerprint density at radius 3 is 1.60 bits per heavy atom. The number of rotatable bonds is 7. The normalized spacial score (nSPS) is 21.5. The standard InChI is InChI=1S/C14H24O2.C8H15O5P/c15-14(11-10-12-6-4-5-7-12)16-13-8-2-1-3-9-13;9-8(6-14(10,11)12)13-7-4-2-1-3-5-7/h12-13H,1-11H2;7H,1-6H2,(H2,10,11,12). The first-order chi connectivity index (χ1) is 14.3. The SMILES string of the molecule is O=C(CCC1CCCC1)OC1CCCCC1.O=C(CP(=O)(O)O)OC1CCCCC1. The second kappa shape index (κ2) is 13.5. The molecular formula is C22H39O7P. The van der Waals surface area contributed by atoms with Gasteiger partial charge < -0.3 is 19.3 Å². The van der Waals surface area contributed by atoms with Crippen molar-refractivity contribution in [1.29, 1.82) is 0 Å². The number of hydrogen-bond donors (Lipinski definition) is 2. The van der Waals surface area contributed by atoms with Crippen molar-refractivity contribution in [3.05, 3.63) is 0 Å². The summed E-state index contributed by atoms with van der Waals surface area (Å²) in [7, 11) is -4.26. The summed E-state index contributed by atoms with van der Waals surface area (Å²) in [5, 5.41) is 0. The predicted octanol–water partition coefficient (Wildman–Crippen LogP) is 4.87. The molecule has 0 amide bonds. The van der Waals surface area contributed by atoms with Crippen molar-refractivity contribution >= 4 is 19.5 Å². The zero-order chi connectivity index (χ0) is 21.8. The molecule has 3 fully saturated rings. The minimum absolute atomic E-state index is 0.0544. The molecule has 0 aromatic carbocycles. The Morgan fingerprint density at radius 2 is 1.13 bits per heavy atom. The van der Waals surface area contributed by atoms with Crippen molar-refractivity contribution in [3.63, 3.8) is 0 Å². The second-order valence-corrected chi connectivity index (χ2v) is 10.7. The quantitative estimate of drug-likeness (QED) is 0.424. The molecule has 0 heterocycles. The third-order valence-electron chi connectivity index (χ3n) is 6.27. The lowest BCUT2D eigenvalue weighted by molar-refractivity contribution is -0.151. The number of hydrogen-bond acceptors (Lipinski definition) is 5. The summed E-state index contributed by atoms with van der Waals surface area (Å²) < 4.78 is 20.9. The smallest absolute Gasteiger partial charge is 0.336 e. The molecule has 0 aliphatic heterocycles. The van der Waals surface area contributed by atoms with Crippen LogP contribution in [0.5, 0.6) is 0 Å². The molecule has 0 spiro atoms. The summed E-state index contributed by atoms with van der Waals surface area (Å²) in [6, 6.07) is 0. The van der Waals surface area contributed by atoms with Crippen molar-refractivity contribution in [2.75, 3.05) is 6.16 Å². The van der Waals surface area contributed by atoms with Crippen molar-refractivity contribution in [3.8, 4) is 0 Å². The number of carbonyl (C=O) groups is 2. The fourth-order valence-corrected chi connectivity index (χ4v) is 5.03. The van der Waals surface area contributed by atoms with E-state index in [9.17, 15) is 14.2 Å². The fourth-order valence-electron chi connectivity index (χ4n) is 4.62. The average Bonchev–Trinajstić information content (AvgIpc) is 3.21. The van der Waals surface area contributed by atoms with Crippen LogP contribution in [0.25, 0.3) is 0 Å². The zero-order valence-corrected chi connectivity index (χ0v) is 19.0. The van der Waals surface area contributed by atoms with E-state index in [0.717, 1.165) is 57.3 Å². The maximum Gasteiger partial charge on any atom is 0.336 e.